The predicted molar refractivity (Wildman–Crippen MR) is 64.8 cm³/mol. The Balaban J connectivity index is 2.45. The summed E-state index contributed by atoms with van der Waals surface area (Å²) in [6, 6.07) is 5.03. The molecule has 0 spiro atoms. The third kappa shape index (κ3) is 2.22. The maximum absolute atomic E-state index is 11.7. The standard InChI is InChI=1S/C12H13O5Si/c1-3-15-18(16-4-2)9-7-5-6-8-10(9)12(14)17-11(8)13/h5-7H,3-4H2,1-2H3. The van der Waals surface area contributed by atoms with Gasteiger partial charge in [-0.25, -0.2) is 9.59 Å². The largest absolute Gasteiger partial charge is 0.424 e. The summed E-state index contributed by atoms with van der Waals surface area (Å²) in [5, 5.41) is 0.636. The van der Waals surface area contributed by atoms with Gasteiger partial charge >= 0.3 is 21.2 Å². The van der Waals surface area contributed by atoms with E-state index < -0.39 is 21.2 Å². The molecule has 2 rings (SSSR count). The Bertz CT molecular complexity index is 479. The molecule has 0 aliphatic carbocycles. The van der Waals surface area contributed by atoms with Gasteiger partial charge in [0, 0.05) is 18.4 Å². The van der Waals surface area contributed by atoms with Gasteiger partial charge in [-0.1, -0.05) is 12.1 Å². The zero-order chi connectivity index (χ0) is 13.1. The number of fused-ring (bicyclic) bond motifs is 1. The molecule has 0 fully saturated rings. The lowest BCUT2D eigenvalue weighted by molar-refractivity contribution is 0.0444. The van der Waals surface area contributed by atoms with Crippen LogP contribution in [0.2, 0.25) is 0 Å². The van der Waals surface area contributed by atoms with Gasteiger partial charge in [0.05, 0.1) is 11.1 Å². The number of carbonyl (C=O) groups excluding carboxylic acids is 2. The number of carbonyl (C=O) groups is 2. The monoisotopic (exact) mass is 265 g/mol. The summed E-state index contributed by atoms with van der Waals surface area (Å²) in [4.78, 5) is 23.1. The molecule has 18 heavy (non-hydrogen) atoms. The van der Waals surface area contributed by atoms with Crippen LogP contribution in [0.3, 0.4) is 0 Å². The molecule has 1 radical (unpaired) electrons. The van der Waals surface area contributed by atoms with Crippen LogP contribution in [0.5, 0.6) is 0 Å². The van der Waals surface area contributed by atoms with E-state index in [1.165, 1.54) is 0 Å². The van der Waals surface area contributed by atoms with Crippen molar-refractivity contribution < 1.29 is 23.2 Å². The molecule has 1 heterocycles. The fraction of sp³-hybridized carbons (Fsp3) is 0.333. The van der Waals surface area contributed by atoms with Gasteiger partial charge in [0.2, 0.25) is 0 Å². The lowest BCUT2D eigenvalue weighted by Gasteiger charge is -2.14. The number of rotatable bonds is 5. The summed E-state index contributed by atoms with van der Waals surface area (Å²) in [6.07, 6.45) is 0. The molecular weight excluding hydrogens is 252 g/mol. The average Bonchev–Trinajstić information content (AvgIpc) is 2.65. The van der Waals surface area contributed by atoms with Crippen LogP contribution in [0.1, 0.15) is 34.6 Å². The maximum Gasteiger partial charge on any atom is 0.424 e. The highest BCUT2D eigenvalue weighted by Gasteiger charge is 2.36. The van der Waals surface area contributed by atoms with Crippen molar-refractivity contribution in [3.63, 3.8) is 0 Å². The van der Waals surface area contributed by atoms with Crippen LogP contribution >= 0.6 is 0 Å². The summed E-state index contributed by atoms with van der Waals surface area (Å²) in [5.74, 6) is -1.22. The third-order valence-corrected chi connectivity index (χ3v) is 4.40. The van der Waals surface area contributed by atoms with E-state index in [4.69, 9.17) is 8.85 Å². The van der Waals surface area contributed by atoms with Gasteiger partial charge in [0.25, 0.3) is 0 Å². The molecule has 0 atom stereocenters. The summed E-state index contributed by atoms with van der Waals surface area (Å²) in [5.41, 5.74) is 0.581. The third-order valence-electron chi connectivity index (χ3n) is 2.44. The van der Waals surface area contributed by atoms with Crippen molar-refractivity contribution in [1.82, 2.24) is 0 Å². The Morgan fingerprint density at radius 2 is 1.78 bits per heavy atom. The Morgan fingerprint density at radius 1 is 1.11 bits per heavy atom. The van der Waals surface area contributed by atoms with E-state index in [1.807, 2.05) is 13.8 Å². The highest BCUT2D eigenvalue weighted by atomic mass is 28.3. The zero-order valence-corrected chi connectivity index (χ0v) is 11.2. The lowest BCUT2D eigenvalue weighted by Crippen LogP contribution is -2.40. The molecule has 1 aromatic rings. The van der Waals surface area contributed by atoms with Gasteiger partial charge in [-0.15, -0.1) is 0 Å². The molecule has 0 saturated heterocycles. The van der Waals surface area contributed by atoms with Crippen LogP contribution < -0.4 is 5.19 Å². The molecule has 6 heteroatoms. The summed E-state index contributed by atoms with van der Waals surface area (Å²) in [7, 11) is -1.76. The van der Waals surface area contributed by atoms with Crippen molar-refractivity contribution in [3.05, 3.63) is 29.3 Å². The van der Waals surface area contributed by atoms with Crippen LogP contribution in [0.25, 0.3) is 0 Å². The minimum Gasteiger partial charge on any atom is -0.390 e. The Morgan fingerprint density at radius 3 is 2.39 bits per heavy atom. The maximum atomic E-state index is 11.7. The van der Waals surface area contributed by atoms with Crippen LogP contribution in [0.4, 0.5) is 0 Å². The average molecular weight is 265 g/mol. The van der Waals surface area contributed by atoms with Gasteiger partial charge in [0.1, 0.15) is 0 Å². The first-order valence-corrected chi connectivity index (χ1v) is 7.03. The molecular formula is C12H13O5Si. The first-order valence-electron chi connectivity index (χ1n) is 5.71. The van der Waals surface area contributed by atoms with Gasteiger partial charge in [-0.3, -0.25) is 0 Å². The topological polar surface area (TPSA) is 61.8 Å². The molecule has 5 nitrogen and oxygen atoms in total. The molecule has 0 unspecified atom stereocenters. The second-order valence-electron chi connectivity index (χ2n) is 3.56. The molecule has 1 aliphatic rings. The van der Waals surface area contributed by atoms with Crippen LogP contribution in [-0.2, 0) is 13.6 Å². The number of esters is 2. The number of hydrogen-bond donors (Lipinski definition) is 0. The minimum absolute atomic E-state index is 0.290. The van der Waals surface area contributed by atoms with Crippen LogP contribution in [0, 0.1) is 0 Å². The fourth-order valence-electron chi connectivity index (χ4n) is 1.76. The van der Waals surface area contributed by atoms with E-state index in [0.717, 1.165) is 0 Å². The normalized spacial score (nSPS) is 13.9. The van der Waals surface area contributed by atoms with E-state index in [2.05, 4.69) is 4.74 Å². The van der Waals surface area contributed by atoms with Crippen molar-refractivity contribution in [2.75, 3.05) is 13.2 Å². The van der Waals surface area contributed by atoms with Crippen molar-refractivity contribution >= 4 is 26.4 Å². The van der Waals surface area contributed by atoms with E-state index in [0.29, 0.717) is 29.5 Å². The minimum atomic E-state index is -1.76. The quantitative estimate of drug-likeness (QED) is 0.447. The van der Waals surface area contributed by atoms with Crippen molar-refractivity contribution in [2.45, 2.75) is 13.8 Å². The van der Waals surface area contributed by atoms with E-state index in [1.54, 1.807) is 18.2 Å². The lowest BCUT2D eigenvalue weighted by atomic mass is 10.1. The van der Waals surface area contributed by atoms with Gasteiger partial charge in [0.15, 0.2) is 0 Å². The zero-order valence-electron chi connectivity index (χ0n) is 10.2. The molecule has 95 valence electrons. The predicted octanol–water partition coefficient (Wildman–Crippen LogP) is 0.765. The highest BCUT2D eigenvalue weighted by molar-refractivity contribution is 6.63. The van der Waals surface area contributed by atoms with E-state index in [-0.39, 0.29) is 0 Å². The number of cyclic esters (lactones) is 2. The Hall–Kier alpha value is -1.50. The Labute approximate surface area is 107 Å². The van der Waals surface area contributed by atoms with Crippen molar-refractivity contribution in [1.29, 1.82) is 0 Å². The number of ether oxygens (including phenoxy) is 1. The van der Waals surface area contributed by atoms with Crippen molar-refractivity contribution in [2.24, 2.45) is 0 Å². The van der Waals surface area contributed by atoms with Crippen LogP contribution in [-0.4, -0.2) is 34.4 Å². The van der Waals surface area contributed by atoms with E-state index >= 15 is 0 Å². The summed E-state index contributed by atoms with van der Waals surface area (Å²) < 4.78 is 15.7. The van der Waals surface area contributed by atoms with Gasteiger partial charge in [-0.2, -0.15) is 0 Å². The second-order valence-corrected chi connectivity index (χ2v) is 5.25. The van der Waals surface area contributed by atoms with Crippen LogP contribution in [0.15, 0.2) is 18.2 Å². The molecule has 0 aromatic heterocycles. The van der Waals surface area contributed by atoms with Crippen molar-refractivity contribution in [3.8, 4) is 0 Å². The SMILES string of the molecule is CCO[Si](OCC)c1cccc2c1C(=O)OC2=O. The van der Waals surface area contributed by atoms with Gasteiger partial charge < -0.3 is 13.6 Å². The summed E-state index contributed by atoms with van der Waals surface area (Å²) in [6.45, 7) is 4.69. The number of hydrogen-bond acceptors (Lipinski definition) is 5. The molecule has 0 saturated carbocycles. The molecule has 0 bridgehead atoms. The van der Waals surface area contributed by atoms with Gasteiger partial charge in [-0.05, 0) is 19.9 Å². The summed E-state index contributed by atoms with van der Waals surface area (Å²) >= 11 is 0. The molecule has 1 aromatic carbocycles. The molecule has 1 aliphatic heterocycles. The second kappa shape index (κ2) is 5.43. The Kier molecular flexibility index (Phi) is 3.90. The first-order chi connectivity index (χ1) is 8.69. The number of benzene rings is 1. The highest BCUT2D eigenvalue weighted by Crippen LogP contribution is 2.18. The first kappa shape index (κ1) is 12.9. The molecule has 0 N–H and O–H groups in total. The fourth-order valence-corrected chi connectivity index (χ4v) is 3.35. The molecule has 0 amide bonds. The van der Waals surface area contributed by atoms with E-state index in [9.17, 15) is 9.59 Å². The smallest absolute Gasteiger partial charge is 0.390 e.